The number of carbonyl (C=O) groups is 1. The number of anilines is 1. The van der Waals surface area contributed by atoms with Gasteiger partial charge in [-0.2, -0.15) is 4.72 Å². The minimum Gasteiger partial charge on any atom is -0.566 e. The quantitative estimate of drug-likeness (QED) is 0.767. The van der Waals surface area contributed by atoms with Gasteiger partial charge in [0.2, 0.25) is 17.5 Å². The van der Waals surface area contributed by atoms with Crippen LogP contribution >= 0.6 is 0 Å². The molecule has 1 unspecified atom stereocenters. The van der Waals surface area contributed by atoms with E-state index >= 15 is 0 Å². The molecule has 1 aromatic carbocycles. The SMILES string of the molecule is NC1=N[S+]([O-])Nc2cccc(OC[C@H]3CCCN(C(=O)C4CCCC4)C3)c21. The number of piperidine rings is 1. The first-order chi connectivity index (χ1) is 13.1. The predicted octanol–water partition coefficient (Wildman–Crippen LogP) is 2.20. The molecule has 7 nitrogen and oxygen atoms in total. The molecule has 0 aromatic heterocycles. The number of nitrogens with two attached hydrogens (primary N) is 1. The van der Waals surface area contributed by atoms with Crippen LogP contribution in [-0.2, 0) is 16.3 Å². The van der Waals surface area contributed by atoms with Gasteiger partial charge >= 0.3 is 0 Å². The van der Waals surface area contributed by atoms with Gasteiger partial charge in [0.1, 0.15) is 5.75 Å². The summed E-state index contributed by atoms with van der Waals surface area (Å²) in [6.07, 6.45) is 6.51. The van der Waals surface area contributed by atoms with Gasteiger partial charge in [-0.1, -0.05) is 18.9 Å². The number of hydrogen-bond donors (Lipinski definition) is 2. The van der Waals surface area contributed by atoms with Crippen molar-refractivity contribution >= 4 is 29.0 Å². The van der Waals surface area contributed by atoms with E-state index in [1.54, 1.807) is 0 Å². The molecule has 3 aliphatic rings. The summed E-state index contributed by atoms with van der Waals surface area (Å²) in [5, 5.41) is 0. The number of amides is 1. The lowest BCUT2D eigenvalue weighted by Crippen LogP contribution is -2.44. The lowest BCUT2D eigenvalue weighted by Gasteiger charge is -2.34. The van der Waals surface area contributed by atoms with Gasteiger partial charge in [0.25, 0.3) is 0 Å². The monoisotopic (exact) mass is 390 g/mol. The van der Waals surface area contributed by atoms with Crippen molar-refractivity contribution in [1.29, 1.82) is 0 Å². The Morgan fingerprint density at radius 3 is 2.96 bits per heavy atom. The molecule has 0 spiro atoms. The van der Waals surface area contributed by atoms with Crippen LogP contribution in [0.15, 0.2) is 22.6 Å². The number of amidine groups is 1. The Balaban J connectivity index is 1.39. The lowest BCUT2D eigenvalue weighted by molar-refractivity contribution is -0.137. The summed E-state index contributed by atoms with van der Waals surface area (Å²) >= 11 is -1.55. The maximum Gasteiger partial charge on any atom is 0.225 e. The van der Waals surface area contributed by atoms with Gasteiger partial charge in [0.15, 0.2) is 5.84 Å². The van der Waals surface area contributed by atoms with Crippen LogP contribution in [-0.4, -0.2) is 40.9 Å². The first-order valence-electron chi connectivity index (χ1n) is 9.69. The average molecular weight is 391 g/mol. The van der Waals surface area contributed by atoms with E-state index in [1.165, 1.54) is 12.8 Å². The summed E-state index contributed by atoms with van der Waals surface area (Å²) in [5.74, 6) is 1.73. The summed E-state index contributed by atoms with van der Waals surface area (Å²) < 4.78 is 24.4. The molecule has 8 heteroatoms. The molecule has 1 saturated carbocycles. The summed E-state index contributed by atoms with van der Waals surface area (Å²) in [5.41, 5.74) is 7.29. The fourth-order valence-electron chi connectivity index (χ4n) is 4.29. The maximum absolute atomic E-state index is 12.7. The number of hydrogen-bond acceptors (Lipinski definition) is 6. The molecular weight excluding hydrogens is 364 g/mol. The Bertz CT molecular complexity index is 736. The van der Waals surface area contributed by atoms with Crippen molar-refractivity contribution in [3.05, 3.63) is 23.8 Å². The molecule has 1 amide bonds. The normalized spacial score (nSPS) is 25.5. The van der Waals surface area contributed by atoms with Gasteiger partial charge in [0.05, 0.1) is 17.9 Å². The van der Waals surface area contributed by atoms with Gasteiger partial charge in [-0.05, 0) is 42.2 Å². The third kappa shape index (κ3) is 4.01. The van der Waals surface area contributed by atoms with E-state index < -0.39 is 11.5 Å². The highest BCUT2D eigenvalue weighted by Gasteiger charge is 2.31. The topological polar surface area (TPSA) is 103 Å². The van der Waals surface area contributed by atoms with Crippen molar-refractivity contribution in [2.75, 3.05) is 24.4 Å². The van der Waals surface area contributed by atoms with Crippen LogP contribution in [0.4, 0.5) is 5.69 Å². The average Bonchev–Trinajstić information content (AvgIpc) is 3.20. The maximum atomic E-state index is 12.7. The zero-order valence-corrected chi connectivity index (χ0v) is 16.2. The van der Waals surface area contributed by atoms with E-state index in [1.807, 2.05) is 23.1 Å². The van der Waals surface area contributed by atoms with Crippen LogP contribution in [0.25, 0.3) is 0 Å². The van der Waals surface area contributed by atoms with E-state index in [0.717, 1.165) is 38.8 Å². The summed E-state index contributed by atoms with van der Waals surface area (Å²) in [7, 11) is 0. The molecule has 0 bridgehead atoms. The predicted molar refractivity (Wildman–Crippen MR) is 106 cm³/mol. The minimum atomic E-state index is -1.55. The van der Waals surface area contributed by atoms with E-state index in [2.05, 4.69) is 9.12 Å². The van der Waals surface area contributed by atoms with Gasteiger partial charge in [-0.25, -0.2) is 0 Å². The van der Waals surface area contributed by atoms with Crippen molar-refractivity contribution in [1.82, 2.24) is 4.90 Å². The molecule has 1 aromatic rings. The van der Waals surface area contributed by atoms with Crippen LogP contribution in [0.5, 0.6) is 5.75 Å². The zero-order valence-electron chi connectivity index (χ0n) is 15.4. The van der Waals surface area contributed by atoms with Crippen molar-refractivity contribution in [3.63, 3.8) is 0 Å². The summed E-state index contributed by atoms with van der Waals surface area (Å²) in [6, 6.07) is 5.50. The van der Waals surface area contributed by atoms with Gasteiger partial charge in [-0.3, -0.25) is 4.79 Å². The molecule has 0 radical (unpaired) electrons. The lowest BCUT2D eigenvalue weighted by atomic mass is 9.96. The Morgan fingerprint density at radius 2 is 2.15 bits per heavy atom. The van der Waals surface area contributed by atoms with Gasteiger partial charge in [-0.15, -0.1) is 0 Å². The minimum absolute atomic E-state index is 0.222. The van der Waals surface area contributed by atoms with Gasteiger partial charge in [0, 0.05) is 24.9 Å². The number of carbonyl (C=O) groups excluding carboxylic acids is 1. The molecule has 1 saturated heterocycles. The second-order valence-corrected chi connectivity index (χ2v) is 8.48. The summed E-state index contributed by atoms with van der Waals surface area (Å²) in [6.45, 7) is 2.15. The molecule has 146 valence electrons. The second kappa shape index (κ2) is 7.98. The van der Waals surface area contributed by atoms with Crippen molar-refractivity contribution in [3.8, 4) is 5.75 Å². The Kier molecular flexibility index (Phi) is 5.45. The van der Waals surface area contributed by atoms with E-state index in [0.29, 0.717) is 35.4 Å². The standard InChI is InChI=1S/C19H26N4O3S/c20-18-17-15(21-27(25)22-18)8-3-9-16(17)26-12-13-5-4-10-23(11-13)19(24)14-6-1-2-7-14/h3,8-9,13-14,21H,1-2,4-7,10-12H2,(H2,20,22)/t13-,27?/m0/s1. The largest absolute Gasteiger partial charge is 0.566 e. The highest BCUT2D eigenvalue weighted by molar-refractivity contribution is 7.91. The Labute approximate surface area is 162 Å². The first-order valence-corrected chi connectivity index (χ1v) is 10.8. The fraction of sp³-hybridized carbons (Fsp3) is 0.579. The van der Waals surface area contributed by atoms with Crippen LogP contribution in [0, 0.1) is 11.8 Å². The molecule has 2 aliphatic heterocycles. The Morgan fingerprint density at radius 1 is 1.33 bits per heavy atom. The van der Waals surface area contributed by atoms with Crippen molar-refractivity contribution in [2.24, 2.45) is 22.0 Å². The number of likely N-dealkylation sites (tertiary alicyclic amines) is 1. The fourth-order valence-corrected chi connectivity index (χ4v) is 4.97. The van der Waals surface area contributed by atoms with E-state index in [-0.39, 0.29) is 11.8 Å². The number of nitrogens with zero attached hydrogens (tertiary/aromatic N) is 2. The highest BCUT2D eigenvalue weighted by atomic mass is 32.2. The molecule has 3 N–H and O–H groups in total. The third-order valence-corrected chi connectivity index (χ3v) is 6.43. The van der Waals surface area contributed by atoms with Crippen LogP contribution < -0.4 is 15.2 Å². The summed E-state index contributed by atoms with van der Waals surface area (Å²) in [4.78, 5) is 14.7. The number of benzene rings is 1. The molecule has 1 aliphatic carbocycles. The van der Waals surface area contributed by atoms with Crippen LogP contribution in [0.1, 0.15) is 44.1 Å². The number of ether oxygens (including phenoxy) is 1. The second-order valence-electron chi connectivity index (χ2n) is 7.59. The molecule has 27 heavy (non-hydrogen) atoms. The third-order valence-electron chi connectivity index (χ3n) is 5.67. The van der Waals surface area contributed by atoms with Crippen molar-refractivity contribution < 1.29 is 14.1 Å². The van der Waals surface area contributed by atoms with Crippen LogP contribution in [0.2, 0.25) is 0 Å². The highest BCUT2D eigenvalue weighted by Crippen LogP contribution is 2.32. The molecular formula is C19H26N4O3S. The van der Waals surface area contributed by atoms with E-state index in [4.69, 9.17) is 10.5 Å². The first kappa shape index (κ1) is 18.4. The number of nitrogens with one attached hydrogen (secondary N) is 1. The molecule has 2 atom stereocenters. The van der Waals surface area contributed by atoms with Crippen molar-refractivity contribution in [2.45, 2.75) is 38.5 Å². The van der Waals surface area contributed by atoms with Crippen LogP contribution in [0.3, 0.4) is 0 Å². The molecule has 4 rings (SSSR count). The molecule has 2 fully saturated rings. The zero-order chi connectivity index (χ0) is 18.8. The molecule has 2 heterocycles. The van der Waals surface area contributed by atoms with Gasteiger partial charge < -0.3 is 19.9 Å². The smallest absolute Gasteiger partial charge is 0.225 e. The van der Waals surface area contributed by atoms with E-state index in [9.17, 15) is 9.35 Å². The Hall–Kier alpha value is -1.93. The number of rotatable bonds is 4. The number of fused-ring (bicyclic) bond motifs is 1.